The summed E-state index contributed by atoms with van der Waals surface area (Å²) in [5.74, 6) is 2.38. The first kappa shape index (κ1) is 13.7. The van der Waals surface area contributed by atoms with Crippen LogP contribution in [0.3, 0.4) is 0 Å². The van der Waals surface area contributed by atoms with E-state index in [2.05, 4.69) is 6.92 Å². The van der Waals surface area contributed by atoms with Crippen molar-refractivity contribution >= 4 is 0 Å². The molecule has 1 heterocycles. The second-order valence-corrected chi connectivity index (χ2v) is 6.44. The van der Waals surface area contributed by atoms with Crippen LogP contribution < -0.4 is 9.47 Å². The van der Waals surface area contributed by atoms with Gasteiger partial charge in [0.2, 0.25) is 0 Å². The number of aliphatic hydroxyl groups is 1. The fraction of sp³-hybridized carbons (Fsp3) is 0.647. The molecule has 3 nitrogen and oxygen atoms in total. The largest absolute Gasteiger partial charge is 0.497 e. The zero-order chi connectivity index (χ0) is 14.2. The molecule has 0 aromatic heterocycles. The highest BCUT2D eigenvalue weighted by molar-refractivity contribution is 5.43. The molecule has 1 saturated carbocycles. The lowest BCUT2D eigenvalue weighted by Crippen LogP contribution is -2.40. The molecule has 1 aromatic rings. The van der Waals surface area contributed by atoms with Gasteiger partial charge in [-0.3, -0.25) is 0 Å². The maximum atomic E-state index is 10.5. The molecule has 3 atom stereocenters. The van der Waals surface area contributed by atoms with E-state index in [-0.39, 0.29) is 5.60 Å². The monoisotopic (exact) mass is 276 g/mol. The van der Waals surface area contributed by atoms with Crippen LogP contribution in [0.4, 0.5) is 0 Å². The average molecular weight is 276 g/mol. The van der Waals surface area contributed by atoms with Gasteiger partial charge in [0.1, 0.15) is 17.1 Å². The summed E-state index contributed by atoms with van der Waals surface area (Å²) in [5, 5.41) is 10.5. The van der Waals surface area contributed by atoms with E-state index in [1.807, 2.05) is 18.2 Å². The minimum atomic E-state index is -0.442. The summed E-state index contributed by atoms with van der Waals surface area (Å²) in [6.07, 6.45) is 6.03. The summed E-state index contributed by atoms with van der Waals surface area (Å²) in [6, 6.07) is 5.74. The molecule has 0 bridgehead atoms. The Kier molecular flexibility index (Phi) is 3.63. The zero-order valence-electron chi connectivity index (χ0n) is 12.4. The van der Waals surface area contributed by atoms with Crippen LogP contribution in [0.15, 0.2) is 18.2 Å². The third-order valence-corrected chi connectivity index (χ3v) is 4.89. The Morgan fingerprint density at radius 2 is 2.15 bits per heavy atom. The number of hydrogen-bond acceptors (Lipinski definition) is 3. The van der Waals surface area contributed by atoms with Crippen LogP contribution in [-0.4, -0.2) is 17.8 Å². The first-order valence-corrected chi connectivity index (χ1v) is 7.67. The molecule has 3 rings (SSSR count). The van der Waals surface area contributed by atoms with Crippen LogP contribution in [0.5, 0.6) is 11.5 Å². The van der Waals surface area contributed by atoms with Crippen LogP contribution in [-0.2, 0) is 0 Å². The molecule has 0 saturated heterocycles. The van der Waals surface area contributed by atoms with Gasteiger partial charge in [0.15, 0.2) is 0 Å². The number of ether oxygens (including phenoxy) is 2. The molecule has 0 radical (unpaired) electrons. The van der Waals surface area contributed by atoms with Gasteiger partial charge in [0.25, 0.3) is 0 Å². The number of hydrogen-bond donors (Lipinski definition) is 1. The molecule has 1 spiro atoms. The normalized spacial score (nSPS) is 33.1. The van der Waals surface area contributed by atoms with Gasteiger partial charge in [0, 0.05) is 12.0 Å². The second kappa shape index (κ2) is 5.28. The van der Waals surface area contributed by atoms with Crippen molar-refractivity contribution in [2.75, 3.05) is 7.11 Å². The van der Waals surface area contributed by atoms with Crippen LogP contribution in [0, 0.1) is 5.92 Å². The molecule has 1 aliphatic heterocycles. The Balaban J connectivity index is 1.88. The van der Waals surface area contributed by atoms with E-state index in [4.69, 9.17) is 9.47 Å². The fourth-order valence-corrected chi connectivity index (χ4v) is 3.60. The quantitative estimate of drug-likeness (QED) is 0.846. The molecule has 2 aliphatic rings. The molecular weight excluding hydrogens is 252 g/mol. The maximum Gasteiger partial charge on any atom is 0.126 e. The third kappa shape index (κ3) is 2.51. The summed E-state index contributed by atoms with van der Waals surface area (Å²) >= 11 is 0. The SMILES string of the molecule is COc1ccc2c(c1)[C@@H](O)CC1(CCCC(C)CC1)O2. The van der Waals surface area contributed by atoms with E-state index in [0.717, 1.165) is 35.8 Å². The van der Waals surface area contributed by atoms with Crippen LogP contribution in [0.25, 0.3) is 0 Å². The molecule has 3 heteroatoms. The summed E-state index contributed by atoms with van der Waals surface area (Å²) in [4.78, 5) is 0. The Morgan fingerprint density at radius 1 is 1.30 bits per heavy atom. The molecule has 2 unspecified atom stereocenters. The second-order valence-electron chi connectivity index (χ2n) is 6.44. The molecule has 1 N–H and O–H groups in total. The highest BCUT2D eigenvalue weighted by Gasteiger charge is 2.41. The van der Waals surface area contributed by atoms with Gasteiger partial charge in [-0.1, -0.05) is 13.3 Å². The zero-order valence-corrected chi connectivity index (χ0v) is 12.4. The summed E-state index contributed by atoms with van der Waals surface area (Å²) < 4.78 is 11.6. The number of methoxy groups -OCH3 is 1. The summed E-state index contributed by atoms with van der Waals surface area (Å²) in [7, 11) is 1.64. The van der Waals surface area contributed by atoms with E-state index in [1.165, 1.54) is 19.3 Å². The molecule has 20 heavy (non-hydrogen) atoms. The van der Waals surface area contributed by atoms with Crippen molar-refractivity contribution in [2.45, 2.75) is 57.2 Å². The number of rotatable bonds is 1. The lowest BCUT2D eigenvalue weighted by molar-refractivity contribution is -0.0251. The van der Waals surface area contributed by atoms with Crippen molar-refractivity contribution in [1.29, 1.82) is 0 Å². The van der Waals surface area contributed by atoms with Gasteiger partial charge in [-0.25, -0.2) is 0 Å². The molecule has 1 aromatic carbocycles. The Bertz CT molecular complexity index is 485. The lowest BCUT2D eigenvalue weighted by Gasteiger charge is -2.40. The van der Waals surface area contributed by atoms with E-state index in [9.17, 15) is 5.11 Å². The number of aliphatic hydroxyl groups excluding tert-OH is 1. The fourth-order valence-electron chi connectivity index (χ4n) is 3.60. The molecule has 0 amide bonds. The van der Waals surface area contributed by atoms with Gasteiger partial charge in [-0.15, -0.1) is 0 Å². The molecular formula is C17H24O3. The standard InChI is InChI=1S/C17H24O3/c1-12-4-3-8-17(9-7-12)11-15(18)14-10-13(19-2)5-6-16(14)20-17/h5-6,10,12,15,18H,3-4,7-9,11H2,1-2H3/t12?,15-,17?/m0/s1. The van der Waals surface area contributed by atoms with Gasteiger partial charge in [0.05, 0.1) is 13.2 Å². The van der Waals surface area contributed by atoms with Gasteiger partial charge >= 0.3 is 0 Å². The summed E-state index contributed by atoms with van der Waals surface area (Å²) in [6.45, 7) is 2.32. The van der Waals surface area contributed by atoms with Crippen LogP contribution >= 0.6 is 0 Å². The number of fused-ring (bicyclic) bond motifs is 1. The Morgan fingerprint density at radius 3 is 2.95 bits per heavy atom. The number of benzene rings is 1. The smallest absolute Gasteiger partial charge is 0.126 e. The molecule has 1 aliphatic carbocycles. The Hall–Kier alpha value is -1.22. The average Bonchev–Trinajstić information content (AvgIpc) is 2.61. The van der Waals surface area contributed by atoms with Crippen molar-refractivity contribution in [3.05, 3.63) is 23.8 Å². The van der Waals surface area contributed by atoms with Gasteiger partial charge in [-0.2, -0.15) is 0 Å². The van der Waals surface area contributed by atoms with E-state index >= 15 is 0 Å². The minimum absolute atomic E-state index is 0.161. The highest BCUT2D eigenvalue weighted by Crippen LogP contribution is 2.46. The predicted octanol–water partition coefficient (Wildman–Crippen LogP) is 3.85. The predicted molar refractivity (Wildman–Crippen MR) is 78.2 cm³/mol. The summed E-state index contributed by atoms with van der Waals surface area (Å²) in [5.41, 5.74) is 0.707. The van der Waals surface area contributed by atoms with Crippen molar-refractivity contribution in [1.82, 2.24) is 0 Å². The van der Waals surface area contributed by atoms with E-state index in [0.29, 0.717) is 6.42 Å². The van der Waals surface area contributed by atoms with Gasteiger partial charge < -0.3 is 14.6 Å². The highest BCUT2D eigenvalue weighted by atomic mass is 16.5. The van der Waals surface area contributed by atoms with Crippen LogP contribution in [0.2, 0.25) is 0 Å². The van der Waals surface area contributed by atoms with E-state index in [1.54, 1.807) is 7.11 Å². The third-order valence-electron chi connectivity index (χ3n) is 4.89. The molecule has 110 valence electrons. The first-order valence-electron chi connectivity index (χ1n) is 7.67. The Labute approximate surface area is 120 Å². The lowest BCUT2D eigenvalue weighted by atomic mass is 9.83. The topological polar surface area (TPSA) is 38.7 Å². The first-order chi connectivity index (χ1) is 9.62. The van der Waals surface area contributed by atoms with Crippen molar-refractivity contribution < 1.29 is 14.6 Å². The van der Waals surface area contributed by atoms with Crippen LogP contribution in [0.1, 0.15) is 57.1 Å². The van der Waals surface area contributed by atoms with E-state index < -0.39 is 6.10 Å². The van der Waals surface area contributed by atoms with Crippen molar-refractivity contribution in [3.63, 3.8) is 0 Å². The molecule has 1 fully saturated rings. The van der Waals surface area contributed by atoms with Gasteiger partial charge in [-0.05, 0) is 49.8 Å². The van der Waals surface area contributed by atoms with Crippen molar-refractivity contribution in [2.24, 2.45) is 5.92 Å². The maximum absolute atomic E-state index is 10.5. The minimum Gasteiger partial charge on any atom is -0.497 e. The van der Waals surface area contributed by atoms with Crippen molar-refractivity contribution in [3.8, 4) is 11.5 Å².